The van der Waals surface area contributed by atoms with E-state index in [9.17, 15) is 0 Å². The molecular weight excluding hydrogens is 188 g/mol. The predicted octanol–water partition coefficient (Wildman–Crippen LogP) is 2.53. The van der Waals surface area contributed by atoms with Crippen molar-refractivity contribution in [3.05, 3.63) is 12.3 Å². The summed E-state index contributed by atoms with van der Waals surface area (Å²) in [6, 6.07) is 2.07. The Kier molecular flexibility index (Phi) is 1.94. The van der Waals surface area contributed by atoms with Crippen LogP contribution < -0.4 is 10.1 Å². The number of anilines is 1. The molecule has 0 atom stereocenters. The molecule has 0 bridgehead atoms. The first-order valence-corrected chi connectivity index (χ1v) is 5.87. The third-order valence-corrected chi connectivity index (χ3v) is 3.70. The first-order chi connectivity index (χ1) is 7.29. The molecule has 0 saturated heterocycles. The minimum atomic E-state index is 0.0899. The van der Waals surface area contributed by atoms with E-state index in [2.05, 4.69) is 22.1 Å². The van der Waals surface area contributed by atoms with E-state index in [1.807, 2.05) is 7.05 Å². The van der Waals surface area contributed by atoms with Crippen LogP contribution in [0, 0.1) is 0 Å². The van der Waals surface area contributed by atoms with Gasteiger partial charge in [-0.3, -0.25) is 0 Å². The molecule has 0 radical (unpaired) electrons. The van der Waals surface area contributed by atoms with E-state index in [-0.39, 0.29) is 5.60 Å². The van der Waals surface area contributed by atoms with Crippen LogP contribution in [0.25, 0.3) is 0 Å². The van der Waals surface area contributed by atoms with Gasteiger partial charge < -0.3 is 14.6 Å². The van der Waals surface area contributed by atoms with E-state index in [1.54, 1.807) is 0 Å². The molecule has 2 heterocycles. The number of fused-ring (bicyclic) bond motifs is 1. The molecule has 82 valence electrons. The number of hydrogen-bond donors (Lipinski definition) is 1. The number of nitrogens with zero attached hydrogens (tertiary/aromatic N) is 1. The Morgan fingerprint density at radius 2 is 2.13 bits per heavy atom. The van der Waals surface area contributed by atoms with Crippen molar-refractivity contribution < 1.29 is 4.74 Å². The van der Waals surface area contributed by atoms with Crippen LogP contribution >= 0.6 is 0 Å². The van der Waals surface area contributed by atoms with Gasteiger partial charge in [-0.05, 0) is 25.7 Å². The third-order valence-electron chi connectivity index (χ3n) is 3.70. The molecule has 1 aliphatic carbocycles. The first-order valence-electron chi connectivity index (χ1n) is 5.87. The second kappa shape index (κ2) is 3.19. The van der Waals surface area contributed by atoms with Gasteiger partial charge in [-0.2, -0.15) is 0 Å². The van der Waals surface area contributed by atoms with Gasteiger partial charge in [0.2, 0.25) is 0 Å². The van der Waals surface area contributed by atoms with Crippen LogP contribution in [0.1, 0.15) is 32.1 Å². The predicted molar refractivity (Wildman–Crippen MR) is 60.3 cm³/mol. The highest BCUT2D eigenvalue weighted by molar-refractivity contribution is 5.54. The summed E-state index contributed by atoms with van der Waals surface area (Å²) in [6.45, 7) is 0.970. The zero-order valence-electron chi connectivity index (χ0n) is 9.25. The van der Waals surface area contributed by atoms with Crippen molar-refractivity contribution in [2.24, 2.45) is 7.05 Å². The lowest BCUT2D eigenvalue weighted by atomic mass is 9.84. The van der Waals surface area contributed by atoms with Crippen molar-refractivity contribution in [1.82, 2.24) is 4.57 Å². The lowest BCUT2D eigenvalue weighted by Crippen LogP contribution is -2.47. The van der Waals surface area contributed by atoms with E-state index in [4.69, 9.17) is 4.74 Å². The molecule has 1 fully saturated rings. The van der Waals surface area contributed by atoms with Crippen molar-refractivity contribution in [3.63, 3.8) is 0 Å². The second-order valence-corrected chi connectivity index (χ2v) is 4.84. The average molecular weight is 206 g/mol. The lowest BCUT2D eigenvalue weighted by Gasteiger charge is -2.41. The smallest absolute Gasteiger partial charge is 0.162 e. The molecule has 15 heavy (non-hydrogen) atoms. The van der Waals surface area contributed by atoms with Crippen LogP contribution in [-0.4, -0.2) is 16.7 Å². The Labute approximate surface area is 90.4 Å². The van der Waals surface area contributed by atoms with Crippen LogP contribution in [0.2, 0.25) is 0 Å². The number of aryl methyl sites for hydroxylation is 1. The van der Waals surface area contributed by atoms with Crippen LogP contribution in [-0.2, 0) is 7.05 Å². The van der Waals surface area contributed by atoms with E-state index >= 15 is 0 Å². The maximum absolute atomic E-state index is 6.20. The van der Waals surface area contributed by atoms with Crippen molar-refractivity contribution in [1.29, 1.82) is 0 Å². The topological polar surface area (TPSA) is 26.2 Å². The highest BCUT2D eigenvalue weighted by Crippen LogP contribution is 2.40. The Balaban J connectivity index is 1.87. The first kappa shape index (κ1) is 9.13. The van der Waals surface area contributed by atoms with Crippen molar-refractivity contribution in [2.75, 3.05) is 11.9 Å². The summed E-state index contributed by atoms with van der Waals surface area (Å²) in [5, 5.41) is 3.51. The summed E-state index contributed by atoms with van der Waals surface area (Å²) in [7, 11) is 2.05. The molecule has 3 nitrogen and oxygen atoms in total. The van der Waals surface area contributed by atoms with E-state index in [1.165, 1.54) is 32.1 Å². The minimum absolute atomic E-state index is 0.0899. The summed E-state index contributed by atoms with van der Waals surface area (Å²) in [5.41, 5.74) is 0.0899. The second-order valence-electron chi connectivity index (χ2n) is 4.84. The highest BCUT2D eigenvalue weighted by atomic mass is 16.5. The normalized spacial score (nSPS) is 23.0. The number of ether oxygens (including phenoxy) is 1. The zero-order valence-corrected chi connectivity index (χ0v) is 9.25. The number of aromatic nitrogens is 1. The van der Waals surface area contributed by atoms with Crippen LogP contribution in [0.5, 0.6) is 5.75 Å². The molecule has 0 unspecified atom stereocenters. The molecule has 3 heteroatoms. The van der Waals surface area contributed by atoms with Gasteiger partial charge in [0.1, 0.15) is 11.4 Å². The lowest BCUT2D eigenvalue weighted by molar-refractivity contribution is 0.0367. The molecule has 1 aliphatic heterocycles. The van der Waals surface area contributed by atoms with Gasteiger partial charge in [0, 0.05) is 19.3 Å². The molecule has 1 saturated carbocycles. The fourth-order valence-corrected chi connectivity index (χ4v) is 2.79. The van der Waals surface area contributed by atoms with Crippen molar-refractivity contribution >= 4 is 5.82 Å². The van der Waals surface area contributed by atoms with Gasteiger partial charge in [-0.15, -0.1) is 0 Å². The van der Waals surface area contributed by atoms with Crippen LogP contribution in [0.15, 0.2) is 12.3 Å². The average Bonchev–Trinajstić information content (AvgIpc) is 2.61. The maximum atomic E-state index is 6.20. The standard InChI is InChI=1S/C12H18N2O/c1-14-8-5-10-11(14)13-9-12(15-10)6-3-2-4-7-12/h5,8,13H,2-4,6-7,9H2,1H3. The number of rotatable bonds is 0. The minimum Gasteiger partial charge on any atom is -0.482 e. The van der Waals surface area contributed by atoms with Gasteiger partial charge in [-0.25, -0.2) is 0 Å². The van der Waals surface area contributed by atoms with Gasteiger partial charge in [0.25, 0.3) is 0 Å². The summed E-state index contributed by atoms with van der Waals surface area (Å²) >= 11 is 0. The molecule has 1 aromatic rings. The number of hydrogen-bond acceptors (Lipinski definition) is 2. The molecule has 1 aromatic heterocycles. The Hall–Kier alpha value is -1.12. The Morgan fingerprint density at radius 3 is 2.93 bits per heavy atom. The summed E-state index contributed by atoms with van der Waals surface area (Å²) in [5.74, 6) is 2.16. The molecule has 1 N–H and O–H groups in total. The van der Waals surface area contributed by atoms with E-state index in [0.29, 0.717) is 0 Å². The Bertz CT molecular complexity index is 364. The quantitative estimate of drug-likeness (QED) is 0.706. The zero-order chi connectivity index (χ0) is 10.3. The largest absolute Gasteiger partial charge is 0.482 e. The van der Waals surface area contributed by atoms with Crippen LogP contribution in [0.4, 0.5) is 5.82 Å². The fourth-order valence-electron chi connectivity index (χ4n) is 2.79. The van der Waals surface area contributed by atoms with Crippen molar-refractivity contribution in [2.45, 2.75) is 37.7 Å². The highest BCUT2D eigenvalue weighted by Gasteiger charge is 2.38. The molecule has 1 spiro atoms. The summed E-state index contributed by atoms with van der Waals surface area (Å²) in [6.07, 6.45) is 8.45. The fraction of sp³-hybridized carbons (Fsp3) is 0.667. The van der Waals surface area contributed by atoms with E-state index < -0.39 is 0 Å². The maximum Gasteiger partial charge on any atom is 0.162 e. The Morgan fingerprint density at radius 1 is 1.33 bits per heavy atom. The molecule has 3 rings (SSSR count). The van der Waals surface area contributed by atoms with Gasteiger partial charge in [0.05, 0.1) is 6.54 Å². The van der Waals surface area contributed by atoms with Gasteiger partial charge in [0.15, 0.2) is 5.75 Å². The van der Waals surface area contributed by atoms with Gasteiger partial charge >= 0.3 is 0 Å². The molecule has 0 aromatic carbocycles. The third kappa shape index (κ3) is 1.41. The summed E-state index contributed by atoms with van der Waals surface area (Å²) < 4.78 is 8.29. The summed E-state index contributed by atoms with van der Waals surface area (Å²) in [4.78, 5) is 0. The van der Waals surface area contributed by atoms with Crippen LogP contribution in [0.3, 0.4) is 0 Å². The molecule has 2 aliphatic rings. The molecular formula is C12H18N2O. The van der Waals surface area contributed by atoms with Crippen molar-refractivity contribution in [3.8, 4) is 5.75 Å². The SMILES string of the molecule is Cn1ccc2c1NCC1(CCCCC1)O2. The number of nitrogens with one attached hydrogen (secondary N) is 1. The van der Waals surface area contributed by atoms with E-state index in [0.717, 1.165) is 18.1 Å². The monoisotopic (exact) mass is 206 g/mol. The molecule has 0 amide bonds. The van der Waals surface area contributed by atoms with Gasteiger partial charge in [-0.1, -0.05) is 6.42 Å².